The molecular formula is C27H22ClF4NO6. The molecule has 0 spiro atoms. The molecule has 0 aromatic heterocycles. The Balaban J connectivity index is 1.73. The number of hydrogen-bond acceptors (Lipinski definition) is 6. The van der Waals surface area contributed by atoms with Gasteiger partial charge in [-0.05, 0) is 53.6 Å². The van der Waals surface area contributed by atoms with Gasteiger partial charge in [-0.2, -0.15) is 13.2 Å². The van der Waals surface area contributed by atoms with Gasteiger partial charge in [0.2, 0.25) is 0 Å². The van der Waals surface area contributed by atoms with E-state index in [2.05, 4.69) is 4.74 Å². The number of likely N-dealkylation sites (N-methyl/N-ethyl adjacent to an activating group) is 1. The molecule has 39 heavy (non-hydrogen) atoms. The molecule has 1 aliphatic heterocycles. The number of anilines is 1. The first-order valence-corrected chi connectivity index (χ1v) is 11.8. The lowest BCUT2D eigenvalue weighted by Crippen LogP contribution is -2.47. The fourth-order valence-electron chi connectivity index (χ4n) is 4.28. The van der Waals surface area contributed by atoms with Crippen LogP contribution in [0.15, 0.2) is 54.6 Å². The predicted molar refractivity (Wildman–Crippen MR) is 133 cm³/mol. The number of halogens is 5. The van der Waals surface area contributed by atoms with Gasteiger partial charge in [-0.1, -0.05) is 24.6 Å². The van der Waals surface area contributed by atoms with Crippen molar-refractivity contribution in [1.82, 2.24) is 0 Å². The third-order valence-corrected chi connectivity index (χ3v) is 6.90. The van der Waals surface area contributed by atoms with Gasteiger partial charge >= 0.3 is 12.1 Å². The Morgan fingerprint density at radius 1 is 1.10 bits per heavy atom. The average molecular weight is 568 g/mol. The number of nitrogens with zero attached hydrogens (tertiary/aromatic N) is 1. The van der Waals surface area contributed by atoms with Crippen LogP contribution in [0.3, 0.4) is 0 Å². The monoisotopic (exact) mass is 567 g/mol. The number of alkyl halides is 3. The summed E-state index contributed by atoms with van der Waals surface area (Å²) in [7, 11) is 2.49. The molecule has 0 unspecified atom stereocenters. The van der Waals surface area contributed by atoms with Crippen LogP contribution in [0.4, 0.5) is 23.2 Å². The maximum Gasteiger partial charge on any atom is 0.422 e. The highest BCUT2D eigenvalue weighted by Crippen LogP contribution is 2.51. The summed E-state index contributed by atoms with van der Waals surface area (Å²) in [6, 6.07) is 10.6. The fourth-order valence-corrected chi connectivity index (χ4v) is 4.56. The third-order valence-electron chi connectivity index (χ3n) is 6.56. The topological polar surface area (TPSA) is 85.3 Å². The van der Waals surface area contributed by atoms with Gasteiger partial charge in [0.15, 0.2) is 12.2 Å². The number of fused-ring (bicyclic) bond motifs is 1. The number of hydrogen-bond donors (Lipinski definition) is 1. The van der Waals surface area contributed by atoms with Crippen LogP contribution >= 0.6 is 11.6 Å². The third kappa shape index (κ3) is 5.11. The Kier molecular flexibility index (Phi) is 7.50. The normalized spacial score (nSPS) is 15.6. The predicted octanol–water partition coefficient (Wildman–Crippen LogP) is 5.97. The Labute approximate surface area is 225 Å². The van der Waals surface area contributed by atoms with Crippen LogP contribution in [0.2, 0.25) is 5.02 Å². The van der Waals surface area contributed by atoms with Crippen LogP contribution in [0.5, 0.6) is 17.2 Å². The SMILES string of the molecule is COC(=O)c1ccc(Oc2ccc(Cl)c([C@H](C)[C@](O)(c3ccc4c(c3)N(C)C(=O)CO4)C(F)(F)F)c2)cc1F. The minimum absolute atomic E-state index is 0.000151. The second-order valence-electron chi connectivity index (χ2n) is 8.83. The van der Waals surface area contributed by atoms with Gasteiger partial charge in [0.05, 0.1) is 18.4 Å². The van der Waals surface area contributed by atoms with Crippen molar-refractivity contribution in [2.24, 2.45) is 0 Å². The highest BCUT2D eigenvalue weighted by Gasteiger charge is 2.59. The quantitative estimate of drug-likeness (QED) is 0.292. The molecular weight excluding hydrogens is 546 g/mol. The highest BCUT2D eigenvalue weighted by molar-refractivity contribution is 6.31. The molecule has 0 aliphatic carbocycles. The van der Waals surface area contributed by atoms with E-state index in [0.717, 1.165) is 43.2 Å². The number of carbonyl (C=O) groups is 2. The lowest BCUT2D eigenvalue weighted by atomic mass is 9.77. The molecule has 4 rings (SSSR count). The van der Waals surface area contributed by atoms with Gasteiger partial charge in [-0.25, -0.2) is 9.18 Å². The van der Waals surface area contributed by atoms with Gasteiger partial charge in [0.1, 0.15) is 23.1 Å². The van der Waals surface area contributed by atoms with Crippen molar-refractivity contribution in [3.8, 4) is 17.2 Å². The minimum atomic E-state index is -5.17. The molecule has 7 nitrogen and oxygen atoms in total. The van der Waals surface area contributed by atoms with Crippen molar-refractivity contribution in [2.45, 2.75) is 24.6 Å². The van der Waals surface area contributed by atoms with E-state index in [1.54, 1.807) is 0 Å². The highest BCUT2D eigenvalue weighted by atomic mass is 35.5. The van der Waals surface area contributed by atoms with Crippen molar-refractivity contribution in [3.05, 3.63) is 82.1 Å². The molecule has 1 aliphatic rings. The second-order valence-corrected chi connectivity index (χ2v) is 9.24. The van der Waals surface area contributed by atoms with Crippen molar-refractivity contribution < 1.29 is 46.5 Å². The zero-order valence-corrected chi connectivity index (χ0v) is 21.6. The number of amides is 1. The number of carbonyl (C=O) groups excluding carboxylic acids is 2. The van der Waals surface area contributed by atoms with Crippen molar-refractivity contribution in [1.29, 1.82) is 0 Å². The second kappa shape index (κ2) is 10.4. The first kappa shape index (κ1) is 28.2. The van der Waals surface area contributed by atoms with Gasteiger partial charge in [-0.15, -0.1) is 0 Å². The van der Waals surface area contributed by atoms with Crippen LogP contribution in [0.25, 0.3) is 0 Å². The Bertz CT molecular complexity index is 1450. The number of benzene rings is 3. The number of ether oxygens (including phenoxy) is 3. The van der Waals surface area contributed by atoms with E-state index in [0.29, 0.717) is 0 Å². The van der Waals surface area contributed by atoms with Crippen molar-refractivity contribution >= 4 is 29.2 Å². The van der Waals surface area contributed by atoms with Crippen LogP contribution in [0.1, 0.15) is 34.3 Å². The lowest BCUT2D eigenvalue weighted by Gasteiger charge is -2.38. The van der Waals surface area contributed by atoms with Crippen LogP contribution in [-0.4, -0.2) is 43.9 Å². The summed E-state index contributed by atoms with van der Waals surface area (Å²) in [5, 5.41) is 11.2. The first-order chi connectivity index (χ1) is 18.3. The van der Waals surface area contributed by atoms with E-state index in [4.69, 9.17) is 21.1 Å². The van der Waals surface area contributed by atoms with Gasteiger partial charge in [-0.3, -0.25) is 4.79 Å². The number of methoxy groups -OCH3 is 1. The van der Waals surface area contributed by atoms with Gasteiger partial charge in [0, 0.05) is 24.1 Å². The molecule has 3 aromatic rings. The van der Waals surface area contributed by atoms with E-state index >= 15 is 0 Å². The molecule has 0 radical (unpaired) electrons. The van der Waals surface area contributed by atoms with E-state index in [-0.39, 0.29) is 45.7 Å². The van der Waals surface area contributed by atoms with E-state index in [1.807, 2.05) is 0 Å². The number of aliphatic hydroxyl groups is 1. The number of esters is 1. The Morgan fingerprint density at radius 2 is 1.77 bits per heavy atom. The van der Waals surface area contributed by atoms with Crippen molar-refractivity contribution in [3.63, 3.8) is 0 Å². The van der Waals surface area contributed by atoms with Gasteiger partial charge in [0.25, 0.3) is 5.91 Å². The molecule has 0 fully saturated rings. The van der Waals surface area contributed by atoms with Crippen LogP contribution in [-0.2, 0) is 15.1 Å². The molecule has 1 amide bonds. The standard InChI is InChI=1S/C27H22ClF4NO6/c1-14(26(36,27(30,31)32)15-4-9-23-22(10-15)33(2)24(34)13-38-23)19-11-16(6-8-20(19)28)39-17-5-7-18(21(29)12-17)25(35)37-3/h4-12,14,36H,13H2,1-3H3/t14-,26-/m0/s1. The molecule has 1 N–H and O–H groups in total. The first-order valence-electron chi connectivity index (χ1n) is 11.5. The molecule has 0 saturated heterocycles. The summed E-state index contributed by atoms with van der Waals surface area (Å²) in [5.74, 6) is -3.81. The lowest BCUT2D eigenvalue weighted by molar-refractivity contribution is -0.274. The van der Waals surface area contributed by atoms with Crippen molar-refractivity contribution in [2.75, 3.05) is 25.7 Å². The molecule has 206 valence electrons. The number of rotatable bonds is 6. The van der Waals surface area contributed by atoms with E-state index < -0.39 is 41.0 Å². The Hall–Kier alpha value is -3.83. The summed E-state index contributed by atoms with van der Waals surface area (Å²) in [5.41, 5.74) is -4.35. The Morgan fingerprint density at radius 3 is 2.41 bits per heavy atom. The van der Waals surface area contributed by atoms with E-state index in [1.165, 1.54) is 37.4 Å². The molecule has 0 saturated carbocycles. The summed E-state index contributed by atoms with van der Waals surface area (Å²) in [6.45, 7) is 0.884. The maximum absolute atomic E-state index is 14.6. The maximum atomic E-state index is 14.6. The zero-order valence-electron chi connectivity index (χ0n) is 20.8. The zero-order chi connectivity index (χ0) is 28.7. The summed E-state index contributed by atoms with van der Waals surface area (Å²) in [4.78, 5) is 24.8. The molecule has 12 heteroatoms. The van der Waals surface area contributed by atoms with Gasteiger partial charge < -0.3 is 24.2 Å². The summed E-state index contributed by atoms with van der Waals surface area (Å²) < 4.78 is 73.4. The van der Waals surface area contributed by atoms with Crippen LogP contribution < -0.4 is 14.4 Å². The fraction of sp³-hybridized carbons (Fsp3) is 0.259. The molecule has 1 heterocycles. The minimum Gasteiger partial charge on any atom is -0.482 e. The van der Waals surface area contributed by atoms with E-state index in [9.17, 15) is 32.3 Å². The summed E-state index contributed by atoms with van der Waals surface area (Å²) in [6.07, 6.45) is -5.17. The largest absolute Gasteiger partial charge is 0.482 e. The molecule has 2 atom stereocenters. The molecule has 3 aromatic carbocycles. The average Bonchev–Trinajstić information content (AvgIpc) is 2.90. The molecule has 0 bridgehead atoms. The summed E-state index contributed by atoms with van der Waals surface area (Å²) >= 11 is 6.27. The van der Waals surface area contributed by atoms with Crippen LogP contribution in [0, 0.1) is 5.82 Å². The smallest absolute Gasteiger partial charge is 0.422 e.